The number of esters is 1. The fraction of sp³-hybridized carbons (Fsp3) is 0.364. The van der Waals surface area contributed by atoms with Crippen molar-refractivity contribution in [3.8, 4) is 5.75 Å². The minimum Gasteiger partial charge on any atom is -0.506 e. The molecule has 0 fully saturated rings. The average molecular weight is 225 g/mol. The SMILES string of the molecule is COCCCOC(=O)c1ccc(N)c(O)c1. The van der Waals surface area contributed by atoms with Crippen molar-refractivity contribution in [1.29, 1.82) is 0 Å². The van der Waals surface area contributed by atoms with Crippen LogP contribution in [0.15, 0.2) is 18.2 Å². The van der Waals surface area contributed by atoms with E-state index in [9.17, 15) is 9.90 Å². The van der Waals surface area contributed by atoms with Crippen LogP contribution in [0.2, 0.25) is 0 Å². The van der Waals surface area contributed by atoms with E-state index in [2.05, 4.69) is 0 Å². The van der Waals surface area contributed by atoms with Crippen molar-refractivity contribution in [1.82, 2.24) is 0 Å². The highest BCUT2D eigenvalue weighted by Gasteiger charge is 2.08. The summed E-state index contributed by atoms with van der Waals surface area (Å²) in [5.74, 6) is -0.599. The summed E-state index contributed by atoms with van der Waals surface area (Å²) in [4.78, 5) is 11.5. The van der Waals surface area contributed by atoms with E-state index in [0.717, 1.165) is 0 Å². The van der Waals surface area contributed by atoms with Gasteiger partial charge in [0.15, 0.2) is 0 Å². The lowest BCUT2D eigenvalue weighted by Crippen LogP contribution is -2.08. The molecule has 0 spiro atoms. The second kappa shape index (κ2) is 5.97. The molecule has 16 heavy (non-hydrogen) atoms. The Morgan fingerprint density at radius 3 is 2.81 bits per heavy atom. The molecule has 3 N–H and O–H groups in total. The van der Waals surface area contributed by atoms with E-state index in [1.54, 1.807) is 7.11 Å². The van der Waals surface area contributed by atoms with Crippen LogP contribution in [0, 0.1) is 0 Å². The molecule has 5 nitrogen and oxygen atoms in total. The second-order valence-corrected chi connectivity index (χ2v) is 3.26. The monoisotopic (exact) mass is 225 g/mol. The number of phenols is 1. The van der Waals surface area contributed by atoms with Crippen molar-refractivity contribution in [3.63, 3.8) is 0 Å². The molecule has 1 aromatic carbocycles. The summed E-state index contributed by atoms with van der Waals surface area (Å²) in [6, 6.07) is 4.25. The zero-order valence-corrected chi connectivity index (χ0v) is 9.10. The van der Waals surface area contributed by atoms with Gasteiger partial charge in [0, 0.05) is 20.1 Å². The highest BCUT2D eigenvalue weighted by atomic mass is 16.5. The van der Waals surface area contributed by atoms with E-state index in [1.165, 1.54) is 18.2 Å². The van der Waals surface area contributed by atoms with E-state index >= 15 is 0 Å². The first-order valence-corrected chi connectivity index (χ1v) is 4.89. The molecule has 0 aliphatic heterocycles. The normalized spacial score (nSPS) is 10.1. The molecule has 1 aromatic rings. The van der Waals surface area contributed by atoms with Gasteiger partial charge in [0.05, 0.1) is 17.9 Å². The molecule has 88 valence electrons. The highest BCUT2D eigenvalue weighted by Crippen LogP contribution is 2.20. The summed E-state index contributed by atoms with van der Waals surface area (Å²) in [5, 5.41) is 9.31. The lowest BCUT2D eigenvalue weighted by Gasteiger charge is -2.05. The fourth-order valence-corrected chi connectivity index (χ4v) is 1.12. The number of benzene rings is 1. The zero-order chi connectivity index (χ0) is 12.0. The number of hydrogen-bond acceptors (Lipinski definition) is 5. The third-order valence-electron chi connectivity index (χ3n) is 1.99. The van der Waals surface area contributed by atoms with Gasteiger partial charge in [-0.3, -0.25) is 0 Å². The number of carbonyl (C=O) groups is 1. The van der Waals surface area contributed by atoms with Gasteiger partial charge in [0.2, 0.25) is 0 Å². The lowest BCUT2D eigenvalue weighted by molar-refractivity contribution is 0.0468. The number of rotatable bonds is 5. The van der Waals surface area contributed by atoms with Crippen molar-refractivity contribution in [2.45, 2.75) is 6.42 Å². The summed E-state index contributed by atoms with van der Waals surface area (Å²) in [6.45, 7) is 0.831. The Balaban J connectivity index is 2.50. The third-order valence-corrected chi connectivity index (χ3v) is 1.99. The molecule has 0 bridgehead atoms. The van der Waals surface area contributed by atoms with Gasteiger partial charge in [-0.2, -0.15) is 0 Å². The van der Waals surface area contributed by atoms with Crippen molar-refractivity contribution in [3.05, 3.63) is 23.8 Å². The van der Waals surface area contributed by atoms with Gasteiger partial charge in [-0.05, 0) is 18.2 Å². The molecule has 0 saturated carbocycles. The van der Waals surface area contributed by atoms with Gasteiger partial charge in [0.25, 0.3) is 0 Å². The Morgan fingerprint density at radius 2 is 2.19 bits per heavy atom. The zero-order valence-electron chi connectivity index (χ0n) is 9.10. The number of anilines is 1. The summed E-state index contributed by atoms with van der Waals surface area (Å²) in [5.41, 5.74) is 5.92. The first kappa shape index (κ1) is 12.3. The number of nitrogen functional groups attached to an aromatic ring is 1. The van der Waals surface area contributed by atoms with Crippen molar-refractivity contribution in [2.24, 2.45) is 0 Å². The van der Waals surface area contributed by atoms with Gasteiger partial charge >= 0.3 is 5.97 Å². The van der Waals surface area contributed by atoms with Gasteiger partial charge < -0.3 is 20.3 Å². The van der Waals surface area contributed by atoms with Crippen LogP contribution in [-0.4, -0.2) is 31.4 Å². The summed E-state index contributed by atoms with van der Waals surface area (Å²) < 4.78 is 9.77. The van der Waals surface area contributed by atoms with E-state index in [-0.39, 0.29) is 23.6 Å². The van der Waals surface area contributed by atoms with Crippen molar-refractivity contribution < 1.29 is 19.4 Å². The standard InChI is InChI=1S/C11H15NO4/c1-15-5-2-6-16-11(14)8-3-4-9(12)10(13)7-8/h3-4,7,13H,2,5-6,12H2,1H3. The lowest BCUT2D eigenvalue weighted by atomic mass is 10.2. The van der Waals surface area contributed by atoms with Crippen LogP contribution in [0.5, 0.6) is 5.75 Å². The Bertz CT molecular complexity index is 365. The summed E-state index contributed by atoms with van der Waals surface area (Å²) >= 11 is 0. The first-order chi connectivity index (χ1) is 7.65. The van der Waals surface area contributed by atoms with Gasteiger partial charge in [-0.15, -0.1) is 0 Å². The number of phenolic OH excluding ortho intramolecular Hbond substituents is 1. The maximum Gasteiger partial charge on any atom is 0.338 e. The van der Waals surface area contributed by atoms with Crippen LogP contribution in [-0.2, 0) is 9.47 Å². The summed E-state index contributed by atoms with van der Waals surface area (Å²) in [6.07, 6.45) is 0.642. The number of nitrogens with two attached hydrogens (primary N) is 1. The first-order valence-electron chi connectivity index (χ1n) is 4.89. The molecular weight excluding hydrogens is 210 g/mol. The quantitative estimate of drug-likeness (QED) is 0.340. The Morgan fingerprint density at radius 1 is 1.44 bits per heavy atom. The van der Waals surface area contributed by atoms with E-state index in [4.69, 9.17) is 15.2 Å². The molecule has 1 rings (SSSR count). The molecule has 0 aliphatic carbocycles. The van der Waals surface area contributed by atoms with Crippen LogP contribution < -0.4 is 5.73 Å². The van der Waals surface area contributed by atoms with Crippen LogP contribution in [0.4, 0.5) is 5.69 Å². The fourth-order valence-electron chi connectivity index (χ4n) is 1.12. The average Bonchev–Trinajstić information content (AvgIpc) is 2.28. The number of hydrogen-bond donors (Lipinski definition) is 2. The molecule has 0 saturated heterocycles. The van der Waals surface area contributed by atoms with E-state index in [0.29, 0.717) is 13.0 Å². The summed E-state index contributed by atoms with van der Waals surface area (Å²) in [7, 11) is 1.58. The number of carbonyl (C=O) groups excluding carboxylic acids is 1. The number of ether oxygens (including phenoxy) is 2. The Hall–Kier alpha value is -1.75. The maximum absolute atomic E-state index is 11.5. The van der Waals surface area contributed by atoms with Crippen LogP contribution in [0.1, 0.15) is 16.8 Å². The smallest absolute Gasteiger partial charge is 0.338 e. The Labute approximate surface area is 93.8 Å². The number of aromatic hydroxyl groups is 1. The molecule has 0 unspecified atom stereocenters. The van der Waals surface area contributed by atoms with Gasteiger partial charge in [0.1, 0.15) is 5.75 Å². The molecule has 0 atom stereocenters. The molecular formula is C11H15NO4. The maximum atomic E-state index is 11.5. The molecule has 5 heteroatoms. The molecule has 0 amide bonds. The number of methoxy groups -OCH3 is 1. The van der Waals surface area contributed by atoms with Crippen LogP contribution in [0.3, 0.4) is 0 Å². The highest BCUT2D eigenvalue weighted by molar-refractivity contribution is 5.90. The molecule has 0 heterocycles. The van der Waals surface area contributed by atoms with Gasteiger partial charge in [-0.25, -0.2) is 4.79 Å². The molecule has 0 aliphatic rings. The van der Waals surface area contributed by atoms with Crippen molar-refractivity contribution in [2.75, 3.05) is 26.1 Å². The minimum atomic E-state index is -0.480. The topological polar surface area (TPSA) is 81.8 Å². The predicted octanol–water partition coefficient (Wildman–Crippen LogP) is 1.17. The van der Waals surface area contributed by atoms with Crippen molar-refractivity contribution >= 4 is 11.7 Å². The third kappa shape index (κ3) is 3.43. The molecule has 0 aromatic heterocycles. The van der Waals surface area contributed by atoms with E-state index in [1.807, 2.05) is 0 Å². The Kier molecular flexibility index (Phi) is 4.60. The predicted molar refractivity (Wildman–Crippen MR) is 59.3 cm³/mol. The minimum absolute atomic E-state index is 0.119. The van der Waals surface area contributed by atoms with E-state index < -0.39 is 5.97 Å². The second-order valence-electron chi connectivity index (χ2n) is 3.26. The largest absolute Gasteiger partial charge is 0.506 e. The molecule has 0 radical (unpaired) electrons. The van der Waals surface area contributed by atoms with Crippen LogP contribution in [0.25, 0.3) is 0 Å². The van der Waals surface area contributed by atoms with Gasteiger partial charge in [-0.1, -0.05) is 0 Å². The van der Waals surface area contributed by atoms with Crippen LogP contribution >= 0.6 is 0 Å².